The molecular weight excluding hydrogens is 323 g/mol. The van der Waals surface area contributed by atoms with E-state index in [0.29, 0.717) is 11.5 Å². The maximum atomic E-state index is 13.1. The summed E-state index contributed by atoms with van der Waals surface area (Å²) in [5.74, 6) is 0.502. The van der Waals surface area contributed by atoms with Crippen LogP contribution in [-0.2, 0) is 0 Å². The third-order valence-corrected chi connectivity index (χ3v) is 3.79. The second kappa shape index (κ2) is 5.82. The quantitative estimate of drug-likeness (QED) is 0.618. The van der Waals surface area contributed by atoms with Crippen molar-refractivity contribution in [3.8, 4) is 28.7 Å². The van der Waals surface area contributed by atoms with Gasteiger partial charge in [0.05, 0.1) is 5.69 Å². The average molecular weight is 336 g/mol. The molecule has 0 aliphatic rings. The summed E-state index contributed by atoms with van der Waals surface area (Å²) in [4.78, 5) is 4.36. The topological polar surface area (TPSA) is 95.7 Å². The summed E-state index contributed by atoms with van der Waals surface area (Å²) in [6.45, 7) is 1.96. The van der Waals surface area contributed by atoms with Crippen LogP contribution < -0.4 is 5.73 Å². The molecule has 0 radical (unpaired) electrons. The molecule has 0 fully saturated rings. The monoisotopic (exact) mass is 336 g/mol. The summed E-state index contributed by atoms with van der Waals surface area (Å²) in [6.07, 6.45) is 0. The fraction of sp³-hybridized carbons (Fsp3) is 0.0588. The van der Waals surface area contributed by atoms with Gasteiger partial charge in [-0.25, -0.2) is 4.39 Å². The first-order chi connectivity index (χ1) is 12.1. The van der Waals surface area contributed by atoms with Crippen molar-refractivity contribution in [3.63, 3.8) is 0 Å². The van der Waals surface area contributed by atoms with Crippen molar-refractivity contribution < 1.29 is 8.91 Å². The van der Waals surface area contributed by atoms with Crippen LogP contribution in [0.3, 0.4) is 0 Å². The number of nitrogens with two attached hydrogens (primary N) is 1. The smallest absolute Gasteiger partial charge is 0.282 e. The van der Waals surface area contributed by atoms with Crippen LogP contribution in [0.1, 0.15) is 5.56 Å². The van der Waals surface area contributed by atoms with Gasteiger partial charge in [-0.2, -0.15) is 9.67 Å². The molecule has 0 bridgehead atoms. The molecule has 0 unspecified atom stereocenters. The van der Waals surface area contributed by atoms with Crippen molar-refractivity contribution in [3.05, 3.63) is 59.9 Å². The Labute approximate surface area is 141 Å². The Bertz CT molecular complexity index is 1040. The number of anilines is 1. The number of aryl methyl sites for hydroxylation is 1. The van der Waals surface area contributed by atoms with E-state index in [1.54, 1.807) is 12.1 Å². The fourth-order valence-corrected chi connectivity index (χ4v) is 2.47. The van der Waals surface area contributed by atoms with Crippen LogP contribution in [0, 0.1) is 12.7 Å². The highest BCUT2D eigenvalue weighted by atomic mass is 19.1. The predicted octanol–water partition coefficient (Wildman–Crippen LogP) is 3.01. The highest BCUT2D eigenvalue weighted by Gasteiger charge is 2.20. The maximum Gasteiger partial charge on any atom is 0.282 e. The second-order valence-corrected chi connectivity index (χ2v) is 5.45. The van der Waals surface area contributed by atoms with E-state index in [4.69, 9.17) is 10.3 Å². The Hall–Kier alpha value is -3.55. The van der Waals surface area contributed by atoms with Crippen LogP contribution in [0.4, 0.5) is 10.2 Å². The van der Waals surface area contributed by atoms with E-state index >= 15 is 0 Å². The van der Waals surface area contributed by atoms with Gasteiger partial charge < -0.3 is 10.3 Å². The molecule has 4 aromatic rings. The molecule has 8 heteroatoms. The molecule has 4 rings (SSSR count). The molecular formula is C17H13FN6O. The minimum atomic E-state index is -0.345. The van der Waals surface area contributed by atoms with Gasteiger partial charge in [-0.3, -0.25) is 0 Å². The van der Waals surface area contributed by atoms with E-state index in [2.05, 4.69) is 20.5 Å². The molecule has 0 atom stereocenters. The van der Waals surface area contributed by atoms with Crippen LogP contribution in [0.15, 0.2) is 53.1 Å². The number of halogens is 1. The molecule has 0 spiro atoms. The zero-order valence-corrected chi connectivity index (χ0v) is 13.2. The van der Waals surface area contributed by atoms with Gasteiger partial charge in [0.2, 0.25) is 5.82 Å². The highest BCUT2D eigenvalue weighted by molar-refractivity contribution is 5.67. The lowest BCUT2D eigenvalue weighted by Crippen LogP contribution is -2.02. The number of rotatable bonds is 3. The number of hydrogen-bond acceptors (Lipinski definition) is 6. The van der Waals surface area contributed by atoms with E-state index in [0.717, 1.165) is 11.1 Å². The zero-order chi connectivity index (χ0) is 17.4. The first kappa shape index (κ1) is 15.0. The van der Waals surface area contributed by atoms with Crippen molar-refractivity contribution in [1.82, 2.24) is 25.1 Å². The molecule has 2 heterocycles. The summed E-state index contributed by atoms with van der Waals surface area (Å²) in [5.41, 5.74) is 8.84. The van der Waals surface area contributed by atoms with Gasteiger partial charge >= 0.3 is 0 Å². The Morgan fingerprint density at radius 1 is 1.08 bits per heavy atom. The molecule has 0 aliphatic heterocycles. The van der Waals surface area contributed by atoms with Crippen molar-refractivity contribution in [1.29, 1.82) is 0 Å². The molecule has 2 N–H and O–H groups in total. The largest absolute Gasteiger partial charge is 0.382 e. The van der Waals surface area contributed by atoms with E-state index < -0.39 is 0 Å². The average Bonchev–Trinajstić information content (AvgIpc) is 3.23. The molecule has 124 valence electrons. The standard InChI is InChI=1S/C17H13FN6O/c1-10-4-2-3-5-13(10)16-20-17(25-22-16)14-15(19)24(23-21-14)12-8-6-11(18)7-9-12/h2-9H,19H2,1H3. The molecule has 2 aromatic heterocycles. The van der Waals surface area contributed by atoms with E-state index in [1.165, 1.54) is 16.8 Å². The molecule has 25 heavy (non-hydrogen) atoms. The van der Waals surface area contributed by atoms with Crippen LogP contribution >= 0.6 is 0 Å². The molecule has 0 aliphatic carbocycles. The Morgan fingerprint density at radius 3 is 2.60 bits per heavy atom. The fourth-order valence-electron chi connectivity index (χ4n) is 2.47. The first-order valence-electron chi connectivity index (χ1n) is 7.50. The Kier molecular flexibility index (Phi) is 3.50. The minimum Gasteiger partial charge on any atom is -0.382 e. The van der Waals surface area contributed by atoms with E-state index in [-0.39, 0.29) is 23.2 Å². The molecule has 2 aromatic carbocycles. The number of hydrogen-bond donors (Lipinski definition) is 1. The second-order valence-electron chi connectivity index (χ2n) is 5.45. The SMILES string of the molecule is Cc1ccccc1-c1noc(-c2nnn(-c3ccc(F)cc3)c2N)n1. The van der Waals surface area contributed by atoms with Gasteiger partial charge in [0.15, 0.2) is 11.5 Å². The molecule has 0 amide bonds. The van der Waals surface area contributed by atoms with Crippen LogP contribution in [-0.4, -0.2) is 25.1 Å². The summed E-state index contributed by atoms with van der Waals surface area (Å²) in [6, 6.07) is 13.4. The molecule has 0 saturated carbocycles. The van der Waals surface area contributed by atoms with Crippen LogP contribution in [0.2, 0.25) is 0 Å². The van der Waals surface area contributed by atoms with Gasteiger partial charge in [0.25, 0.3) is 5.89 Å². The van der Waals surface area contributed by atoms with Crippen LogP contribution in [0.5, 0.6) is 0 Å². The third-order valence-electron chi connectivity index (χ3n) is 3.79. The first-order valence-corrected chi connectivity index (χ1v) is 7.50. The van der Waals surface area contributed by atoms with Gasteiger partial charge in [-0.15, -0.1) is 5.10 Å². The number of nitrogen functional groups attached to an aromatic ring is 1. The highest BCUT2D eigenvalue weighted by Crippen LogP contribution is 2.27. The Morgan fingerprint density at radius 2 is 1.84 bits per heavy atom. The molecule has 7 nitrogen and oxygen atoms in total. The van der Waals surface area contributed by atoms with Crippen LogP contribution in [0.25, 0.3) is 28.7 Å². The summed E-state index contributed by atoms with van der Waals surface area (Å²) < 4.78 is 19.7. The van der Waals surface area contributed by atoms with Crippen molar-refractivity contribution in [2.24, 2.45) is 0 Å². The maximum absolute atomic E-state index is 13.1. The lowest BCUT2D eigenvalue weighted by atomic mass is 10.1. The summed E-state index contributed by atoms with van der Waals surface area (Å²) in [5, 5.41) is 12.0. The van der Waals surface area contributed by atoms with Crippen molar-refractivity contribution in [2.75, 3.05) is 5.73 Å². The number of nitrogens with zero attached hydrogens (tertiary/aromatic N) is 5. The van der Waals surface area contributed by atoms with Gasteiger partial charge in [-0.1, -0.05) is 34.6 Å². The minimum absolute atomic E-state index is 0.170. The van der Waals surface area contributed by atoms with Crippen molar-refractivity contribution in [2.45, 2.75) is 6.92 Å². The van der Waals surface area contributed by atoms with E-state index in [1.807, 2.05) is 31.2 Å². The van der Waals surface area contributed by atoms with Gasteiger partial charge in [-0.05, 0) is 36.8 Å². The number of benzene rings is 2. The third kappa shape index (κ3) is 2.63. The van der Waals surface area contributed by atoms with Gasteiger partial charge in [0, 0.05) is 5.56 Å². The van der Waals surface area contributed by atoms with Gasteiger partial charge in [0.1, 0.15) is 5.82 Å². The molecule has 0 saturated heterocycles. The lowest BCUT2D eigenvalue weighted by molar-refractivity contribution is 0.431. The number of aromatic nitrogens is 5. The summed E-state index contributed by atoms with van der Waals surface area (Å²) >= 11 is 0. The normalized spacial score (nSPS) is 11.0. The van der Waals surface area contributed by atoms with Crippen molar-refractivity contribution >= 4 is 5.82 Å². The van der Waals surface area contributed by atoms with E-state index in [9.17, 15) is 4.39 Å². The predicted molar refractivity (Wildman–Crippen MR) is 89.2 cm³/mol. The summed E-state index contributed by atoms with van der Waals surface area (Å²) in [7, 11) is 0. The lowest BCUT2D eigenvalue weighted by Gasteiger charge is -2.02. The Balaban J connectivity index is 1.72. The zero-order valence-electron chi connectivity index (χ0n) is 13.2.